The molecule has 7 heteroatoms. The van der Waals surface area contributed by atoms with E-state index in [-0.39, 0.29) is 0 Å². The molecule has 0 amide bonds. The lowest BCUT2D eigenvalue weighted by Gasteiger charge is -2.23. The Morgan fingerprint density at radius 2 is 2.17 bits per heavy atom. The van der Waals surface area contributed by atoms with Crippen LogP contribution in [0.3, 0.4) is 0 Å². The number of rotatable bonds is 6. The second-order valence-electron chi connectivity index (χ2n) is 4.30. The number of morpholine rings is 1. The molecule has 1 aliphatic rings. The minimum atomic E-state index is -3.29. The zero-order valence-electron chi connectivity index (χ0n) is 10.2. The van der Waals surface area contributed by atoms with Gasteiger partial charge in [-0.05, 0) is 11.4 Å². The lowest BCUT2D eigenvalue weighted by atomic mass is 10.3. The van der Waals surface area contributed by atoms with Crippen molar-refractivity contribution in [3.05, 3.63) is 17.5 Å². The average molecular weight is 291 g/mol. The van der Waals surface area contributed by atoms with Gasteiger partial charge in [0.15, 0.2) is 0 Å². The van der Waals surface area contributed by atoms with Crippen LogP contribution in [0.25, 0.3) is 0 Å². The SMILES string of the molecule is O=S(=O)(NCCC[NH+]1CCOCC1)c1cccs1. The summed E-state index contributed by atoms with van der Waals surface area (Å²) in [6, 6.07) is 3.37. The predicted molar refractivity (Wildman–Crippen MR) is 70.5 cm³/mol. The van der Waals surface area contributed by atoms with Gasteiger partial charge in [-0.15, -0.1) is 11.3 Å². The summed E-state index contributed by atoms with van der Waals surface area (Å²) in [6.45, 7) is 5.18. The molecule has 0 saturated carbocycles. The Morgan fingerprint density at radius 1 is 1.39 bits per heavy atom. The second kappa shape index (κ2) is 6.63. The number of ether oxygens (including phenoxy) is 1. The number of hydrogen-bond acceptors (Lipinski definition) is 4. The van der Waals surface area contributed by atoms with Crippen LogP contribution in [0.5, 0.6) is 0 Å². The van der Waals surface area contributed by atoms with Crippen molar-refractivity contribution >= 4 is 21.4 Å². The van der Waals surface area contributed by atoms with E-state index in [0.717, 1.165) is 39.3 Å². The molecule has 102 valence electrons. The summed E-state index contributed by atoms with van der Waals surface area (Å²) >= 11 is 1.24. The van der Waals surface area contributed by atoms with Crippen molar-refractivity contribution in [3.8, 4) is 0 Å². The molecule has 5 nitrogen and oxygen atoms in total. The van der Waals surface area contributed by atoms with Crippen molar-refractivity contribution in [1.29, 1.82) is 0 Å². The van der Waals surface area contributed by atoms with Gasteiger partial charge in [-0.25, -0.2) is 13.1 Å². The maximum Gasteiger partial charge on any atom is 0.250 e. The molecule has 0 bridgehead atoms. The Hall–Kier alpha value is -0.470. The smallest absolute Gasteiger partial charge is 0.250 e. The Kier molecular flexibility index (Phi) is 5.13. The van der Waals surface area contributed by atoms with E-state index in [0.29, 0.717) is 10.8 Å². The van der Waals surface area contributed by atoms with Gasteiger partial charge in [-0.3, -0.25) is 0 Å². The topological polar surface area (TPSA) is 59.8 Å². The first-order valence-corrected chi connectivity index (χ1v) is 8.49. The average Bonchev–Trinajstić information content (AvgIpc) is 2.91. The number of hydrogen-bond donors (Lipinski definition) is 2. The van der Waals surface area contributed by atoms with Crippen molar-refractivity contribution in [3.63, 3.8) is 0 Å². The zero-order chi connectivity index (χ0) is 12.8. The first-order chi connectivity index (χ1) is 8.68. The molecule has 1 aliphatic heterocycles. The fraction of sp³-hybridized carbons (Fsp3) is 0.636. The minimum Gasteiger partial charge on any atom is -0.370 e. The Labute approximate surface area is 112 Å². The van der Waals surface area contributed by atoms with Gasteiger partial charge in [0.1, 0.15) is 17.3 Å². The zero-order valence-corrected chi connectivity index (χ0v) is 11.9. The highest BCUT2D eigenvalue weighted by Gasteiger charge is 2.16. The van der Waals surface area contributed by atoms with Crippen LogP contribution in [0.1, 0.15) is 6.42 Å². The van der Waals surface area contributed by atoms with E-state index in [9.17, 15) is 8.42 Å². The highest BCUT2D eigenvalue weighted by Crippen LogP contribution is 2.14. The van der Waals surface area contributed by atoms with Crippen LogP contribution in [-0.2, 0) is 14.8 Å². The Balaban J connectivity index is 1.69. The second-order valence-corrected chi connectivity index (χ2v) is 7.24. The number of sulfonamides is 1. The van der Waals surface area contributed by atoms with E-state index >= 15 is 0 Å². The molecule has 0 atom stereocenters. The van der Waals surface area contributed by atoms with E-state index in [2.05, 4.69) is 4.72 Å². The van der Waals surface area contributed by atoms with Crippen LogP contribution in [0.2, 0.25) is 0 Å². The van der Waals surface area contributed by atoms with Crippen LogP contribution in [-0.4, -0.2) is 47.8 Å². The normalized spacial score (nSPS) is 18.0. The summed E-state index contributed by atoms with van der Waals surface area (Å²) < 4.78 is 31.9. The molecule has 1 aromatic heterocycles. The molecular weight excluding hydrogens is 272 g/mol. The molecule has 0 unspecified atom stereocenters. The predicted octanol–water partition coefficient (Wildman–Crippen LogP) is -0.668. The van der Waals surface area contributed by atoms with Gasteiger partial charge in [-0.2, -0.15) is 0 Å². The first-order valence-electron chi connectivity index (χ1n) is 6.13. The minimum absolute atomic E-state index is 0.390. The molecule has 2 rings (SSSR count). The van der Waals surface area contributed by atoms with Gasteiger partial charge >= 0.3 is 0 Å². The molecule has 0 aliphatic carbocycles. The van der Waals surface area contributed by atoms with E-state index in [1.54, 1.807) is 17.5 Å². The van der Waals surface area contributed by atoms with Crippen LogP contribution >= 0.6 is 11.3 Å². The fourth-order valence-corrected chi connectivity index (χ4v) is 4.05. The molecular formula is C11H19N2O3S2+. The van der Waals surface area contributed by atoms with Crippen molar-refractivity contribution in [2.24, 2.45) is 0 Å². The van der Waals surface area contributed by atoms with E-state index in [1.807, 2.05) is 0 Å². The lowest BCUT2D eigenvalue weighted by Crippen LogP contribution is -3.14. The van der Waals surface area contributed by atoms with E-state index < -0.39 is 10.0 Å². The molecule has 1 fully saturated rings. The van der Waals surface area contributed by atoms with Crippen LogP contribution in [0.15, 0.2) is 21.7 Å². The van der Waals surface area contributed by atoms with Crippen molar-refractivity contribution < 1.29 is 18.1 Å². The molecule has 18 heavy (non-hydrogen) atoms. The molecule has 0 aromatic carbocycles. The lowest BCUT2D eigenvalue weighted by molar-refractivity contribution is -0.908. The first kappa shape index (κ1) is 14.0. The Bertz CT molecular complexity index is 439. The molecule has 0 spiro atoms. The largest absolute Gasteiger partial charge is 0.370 e. The summed E-state index contributed by atoms with van der Waals surface area (Å²) in [6.07, 6.45) is 0.861. The Morgan fingerprint density at radius 3 is 2.83 bits per heavy atom. The van der Waals surface area contributed by atoms with Crippen molar-refractivity contribution in [2.75, 3.05) is 39.4 Å². The number of nitrogens with one attached hydrogen (secondary N) is 2. The summed E-state index contributed by atoms with van der Waals surface area (Å²) in [7, 11) is -3.29. The summed E-state index contributed by atoms with van der Waals surface area (Å²) in [4.78, 5) is 1.50. The maximum absolute atomic E-state index is 11.8. The van der Waals surface area contributed by atoms with Gasteiger partial charge in [0.25, 0.3) is 0 Å². The van der Waals surface area contributed by atoms with Gasteiger partial charge < -0.3 is 9.64 Å². The third-order valence-electron chi connectivity index (χ3n) is 2.96. The van der Waals surface area contributed by atoms with E-state index in [1.165, 1.54) is 16.2 Å². The fourth-order valence-electron chi connectivity index (χ4n) is 1.94. The third kappa shape index (κ3) is 4.03. The van der Waals surface area contributed by atoms with Gasteiger partial charge in [0.05, 0.1) is 19.8 Å². The highest BCUT2D eigenvalue weighted by atomic mass is 32.2. The monoisotopic (exact) mass is 291 g/mol. The summed E-state index contributed by atoms with van der Waals surface area (Å²) in [5.41, 5.74) is 0. The maximum atomic E-state index is 11.8. The summed E-state index contributed by atoms with van der Waals surface area (Å²) in [5, 5.41) is 1.77. The van der Waals surface area contributed by atoms with Gasteiger partial charge in [0, 0.05) is 13.0 Å². The molecule has 1 saturated heterocycles. The van der Waals surface area contributed by atoms with Gasteiger partial charge in [-0.1, -0.05) is 6.07 Å². The molecule has 1 aromatic rings. The van der Waals surface area contributed by atoms with Crippen LogP contribution < -0.4 is 9.62 Å². The van der Waals surface area contributed by atoms with E-state index in [4.69, 9.17) is 4.74 Å². The molecule has 2 heterocycles. The van der Waals surface area contributed by atoms with Crippen LogP contribution in [0.4, 0.5) is 0 Å². The highest BCUT2D eigenvalue weighted by molar-refractivity contribution is 7.91. The number of quaternary nitrogens is 1. The molecule has 2 N–H and O–H groups in total. The van der Waals surface area contributed by atoms with Crippen molar-refractivity contribution in [2.45, 2.75) is 10.6 Å². The third-order valence-corrected chi connectivity index (χ3v) is 5.82. The summed E-state index contributed by atoms with van der Waals surface area (Å²) in [5.74, 6) is 0. The van der Waals surface area contributed by atoms with Crippen molar-refractivity contribution in [1.82, 2.24) is 4.72 Å². The number of thiophene rings is 1. The molecule has 0 radical (unpaired) electrons. The quantitative estimate of drug-likeness (QED) is 0.684. The van der Waals surface area contributed by atoms with Gasteiger partial charge in [0.2, 0.25) is 10.0 Å². The van der Waals surface area contributed by atoms with Crippen LogP contribution in [0, 0.1) is 0 Å². The standard InChI is InChI=1S/C11H18N2O3S2/c14-18(15,11-3-1-10-17-11)12-4-2-5-13-6-8-16-9-7-13/h1,3,10,12H,2,4-9H2/p+1.